The Morgan fingerprint density at radius 3 is 1.72 bits per heavy atom. The Bertz CT molecular complexity index is 1880. The van der Waals surface area contributed by atoms with E-state index in [0.717, 1.165) is 119 Å². The first kappa shape index (κ1) is 44.0. The van der Waals surface area contributed by atoms with Gasteiger partial charge in [0.05, 0.1) is 11.5 Å². The highest BCUT2D eigenvalue weighted by Crippen LogP contribution is 2.64. The lowest BCUT2D eigenvalue weighted by molar-refractivity contribution is -0.121. The molecule has 5 nitrogen and oxygen atoms in total. The lowest BCUT2D eigenvalue weighted by Gasteiger charge is -2.48. The topological polar surface area (TPSA) is 98.0 Å². The number of aryl methyl sites for hydroxylation is 4. The Hall–Kier alpha value is -4.09. The molecule has 0 saturated heterocycles. The van der Waals surface area contributed by atoms with E-state index in [0.29, 0.717) is 0 Å². The van der Waals surface area contributed by atoms with Crippen molar-refractivity contribution < 1.29 is 25.2 Å². The summed E-state index contributed by atoms with van der Waals surface area (Å²) in [6, 6.07) is 16.1. The molecule has 0 aromatic heterocycles. The van der Waals surface area contributed by atoms with Crippen LogP contribution in [0.15, 0.2) is 72.5 Å². The highest BCUT2D eigenvalue weighted by atomic mass is 16.3. The van der Waals surface area contributed by atoms with Crippen LogP contribution < -0.4 is 0 Å². The van der Waals surface area contributed by atoms with Crippen molar-refractivity contribution in [3.05, 3.63) is 117 Å². The quantitative estimate of drug-likeness (QED) is 0.0568. The molecule has 308 valence electrons. The van der Waals surface area contributed by atoms with Crippen LogP contribution in [-0.4, -0.2) is 26.2 Å². The molecule has 5 rings (SSSR count). The van der Waals surface area contributed by atoms with Crippen LogP contribution in [0.2, 0.25) is 0 Å². The summed E-state index contributed by atoms with van der Waals surface area (Å²) in [5.41, 5.74) is 5.51. The van der Waals surface area contributed by atoms with E-state index in [-0.39, 0.29) is 39.7 Å². The normalized spacial score (nSPS) is 19.1. The van der Waals surface area contributed by atoms with Crippen molar-refractivity contribution in [1.29, 1.82) is 0 Å². The van der Waals surface area contributed by atoms with Crippen LogP contribution in [0.25, 0.3) is 11.6 Å². The zero-order valence-electron chi connectivity index (χ0n) is 35.4. The van der Waals surface area contributed by atoms with Gasteiger partial charge in [-0.05, 0) is 109 Å². The molecular formula is C52H70O5. The van der Waals surface area contributed by atoms with Crippen LogP contribution >= 0.6 is 0 Å². The van der Waals surface area contributed by atoms with Crippen LogP contribution in [0.5, 0.6) is 11.5 Å². The van der Waals surface area contributed by atoms with Crippen molar-refractivity contribution in [2.45, 2.75) is 168 Å². The fraction of sp³-hybridized carbons (Fsp3) is 0.519. The van der Waals surface area contributed by atoms with E-state index in [1.165, 1.54) is 67.5 Å². The SMILES string of the molecule is CCCCCCc1ccc(CCCCCC)c(/C=C/[C@]23C(=O)C=CC(O)=C2c2c(O)ccc(O)c2[C@@H](O)[C@H]3c2cc(CCCCCC)ccc2CCCCCC)c1. The third-order valence-corrected chi connectivity index (χ3v) is 12.5. The monoisotopic (exact) mass is 775 g/mol. The third-order valence-electron chi connectivity index (χ3n) is 12.5. The number of phenols is 2. The molecule has 0 aliphatic heterocycles. The first-order valence-corrected chi connectivity index (χ1v) is 22.5. The number of allylic oxidation sites excluding steroid dienone is 4. The smallest absolute Gasteiger partial charge is 0.171 e. The number of carbonyl (C=O) groups is 1. The Morgan fingerprint density at radius 1 is 0.596 bits per heavy atom. The zero-order valence-corrected chi connectivity index (χ0v) is 35.4. The first-order valence-electron chi connectivity index (χ1n) is 22.5. The Balaban J connectivity index is 1.75. The largest absolute Gasteiger partial charge is 0.508 e. The number of hydrogen-bond donors (Lipinski definition) is 4. The van der Waals surface area contributed by atoms with Gasteiger partial charge in [-0.1, -0.05) is 153 Å². The highest BCUT2D eigenvalue weighted by Gasteiger charge is 2.58. The fourth-order valence-corrected chi connectivity index (χ4v) is 9.33. The summed E-state index contributed by atoms with van der Waals surface area (Å²) in [6.07, 6.45) is 27.1. The maximum absolute atomic E-state index is 15.1. The van der Waals surface area contributed by atoms with Crippen molar-refractivity contribution >= 4 is 17.4 Å². The van der Waals surface area contributed by atoms with Gasteiger partial charge in [-0.3, -0.25) is 4.79 Å². The average Bonchev–Trinajstić information content (AvgIpc) is 3.21. The summed E-state index contributed by atoms with van der Waals surface area (Å²) in [7, 11) is 0. The maximum atomic E-state index is 15.1. The minimum absolute atomic E-state index is 0.128. The van der Waals surface area contributed by atoms with Crippen molar-refractivity contribution in [2.24, 2.45) is 5.41 Å². The summed E-state index contributed by atoms with van der Waals surface area (Å²) < 4.78 is 0. The highest BCUT2D eigenvalue weighted by molar-refractivity contribution is 6.12. The number of rotatable bonds is 23. The summed E-state index contributed by atoms with van der Waals surface area (Å²) in [5.74, 6) is -1.67. The second-order valence-electron chi connectivity index (χ2n) is 16.8. The van der Waals surface area contributed by atoms with E-state index < -0.39 is 17.4 Å². The lowest BCUT2D eigenvalue weighted by Crippen LogP contribution is -2.44. The molecule has 5 heteroatoms. The van der Waals surface area contributed by atoms with E-state index >= 15 is 4.79 Å². The van der Waals surface area contributed by atoms with Gasteiger partial charge >= 0.3 is 0 Å². The van der Waals surface area contributed by atoms with E-state index in [1.807, 2.05) is 6.08 Å². The number of benzene rings is 3. The molecule has 57 heavy (non-hydrogen) atoms. The number of aliphatic hydroxyl groups excluding tert-OH is 2. The number of ketones is 1. The maximum Gasteiger partial charge on any atom is 0.171 e. The number of aromatic hydroxyl groups is 2. The second kappa shape index (κ2) is 21.6. The summed E-state index contributed by atoms with van der Waals surface area (Å²) in [6.45, 7) is 8.86. The van der Waals surface area contributed by atoms with E-state index in [1.54, 1.807) is 0 Å². The van der Waals surface area contributed by atoms with E-state index in [9.17, 15) is 20.4 Å². The van der Waals surface area contributed by atoms with Crippen molar-refractivity contribution in [1.82, 2.24) is 0 Å². The molecule has 0 saturated carbocycles. The molecule has 0 bridgehead atoms. The summed E-state index contributed by atoms with van der Waals surface area (Å²) in [4.78, 5) is 15.1. The van der Waals surface area contributed by atoms with Crippen LogP contribution in [0, 0.1) is 5.41 Å². The van der Waals surface area contributed by atoms with Crippen LogP contribution in [-0.2, 0) is 30.5 Å². The summed E-state index contributed by atoms with van der Waals surface area (Å²) in [5, 5.41) is 47.7. The molecule has 2 aliphatic rings. The van der Waals surface area contributed by atoms with Crippen LogP contribution in [0.1, 0.15) is 187 Å². The number of fused-ring (bicyclic) bond motifs is 3. The van der Waals surface area contributed by atoms with Gasteiger partial charge < -0.3 is 20.4 Å². The summed E-state index contributed by atoms with van der Waals surface area (Å²) >= 11 is 0. The van der Waals surface area contributed by atoms with E-state index in [2.05, 4.69) is 70.2 Å². The molecule has 0 fully saturated rings. The zero-order chi connectivity index (χ0) is 40.8. The van der Waals surface area contributed by atoms with Gasteiger partial charge in [-0.2, -0.15) is 0 Å². The molecule has 0 amide bonds. The van der Waals surface area contributed by atoms with Crippen molar-refractivity contribution in [2.75, 3.05) is 0 Å². The molecule has 3 aromatic carbocycles. The predicted molar refractivity (Wildman–Crippen MR) is 237 cm³/mol. The van der Waals surface area contributed by atoms with Crippen LogP contribution in [0.3, 0.4) is 0 Å². The van der Waals surface area contributed by atoms with Gasteiger partial charge in [-0.25, -0.2) is 0 Å². The fourth-order valence-electron chi connectivity index (χ4n) is 9.33. The number of unbranched alkanes of at least 4 members (excludes halogenated alkanes) is 12. The Kier molecular flexibility index (Phi) is 16.7. The lowest BCUT2D eigenvalue weighted by atomic mass is 9.54. The number of aliphatic hydroxyl groups is 2. The molecule has 0 heterocycles. The number of carbonyl (C=O) groups excluding carboxylic acids is 1. The van der Waals surface area contributed by atoms with Crippen LogP contribution in [0.4, 0.5) is 0 Å². The van der Waals surface area contributed by atoms with Crippen molar-refractivity contribution in [3.8, 4) is 11.5 Å². The molecule has 2 aliphatic carbocycles. The molecule has 0 radical (unpaired) electrons. The molecular weight excluding hydrogens is 705 g/mol. The minimum atomic E-state index is -1.58. The van der Waals surface area contributed by atoms with Gasteiger partial charge in [0.25, 0.3) is 0 Å². The molecule has 3 aromatic rings. The second-order valence-corrected chi connectivity index (χ2v) is 16.8. The third kappa shape index (κ3) is 10.3. The molecule has 0 unspecified atom stereocenters. The standard InChI is InChI=1S/C52H70O5/c1-5-9-13-17-21-37-25-27-39(23-19-15-11-7-3)41(35-37)33-34-52-46(56)32-31-45(55)50(52)47-43(53)29-30-44(54)48(47)51(57)49(52)42-36-38(22-18-14-10-6-2)26-28-40(42)24-20-16-12-8-4/h25-36,49,51,53-55,57H,5-24H2,1-4H3/b34-33+/t49-,51-,52-/m1/s1. The van der Waals surface area contributed by atoms with Gasteiger partial charge in [0.1, 0.15) is 17.3 Å². The minimum Gasteiger partial charge on any atom is -0.508 e. The van der Waals surface area contributed by atoms with Gasteiger partial charge in [-0.15, -0.1) is 0 Å². The molecule has 3 atom stereocenters. The van der Waals surface area contributed by atoms with Gasteiger partial charge in [0.15, 0.2) is 5.78 Å². The molecule has 0 spiro atoms. The molecule has 4 N–H and O–H groups in total. The predicted octanol–water partition coefficient (Wildman–Crippen LogP) is 13.5. The number of phenolic OH excluding ortho intramolecular Hbond substituents is 2. The van der Waals surface area contributed by atoms with Gasteiger partial charge in [0.2, 0.25) is 0 Å². The Morgan fingerprint density at radius 2 is 1.12 bits per heavy atom. The Labute approximate surface area is 343 Å². The average molecular weight is 775 g/mol. The van der Waals surface area contributed by atoms with E-state index in [4.69, 9.17) is 0 Å². The first-order chi connectivity index (χ1) is 27.7. The van der Waals surface area contributed by atoms with Crippen molar-refractivity contribution in [3.63, 3.8) is 0 Å². The van der Waals surface area contributed by atoms with Gasteiger partial charge in [0, 0.05) is 22.6 Å². The number of hydrogen-bond acceptors (Lipinski definition) is 5.